The van der Waals surface area contributed by atoms with Gasteiger partial charge < -0.3 is 10.1 Å². The Morgan fingerprint density at radius 3 is 2.94 bits per heavy atom. The third-order valence-electron chi connectivity index (χ3n) is 3.85. The zero-order chi connectivity index (χ0) is 13.0. The molecule has 1 N–H and O–H groups in total. The summed E-state index contributed by atoms with van der Waals surface area (Å²) in [5, 5.41) is 3.54. The predicted octanol–water partition coefficient (Wildman–Crippen LogP) is 2.44. The van der Waals surface area contributed by atoms with E-state index < -0.39 is 0 Å². The SMILES string of the molecule is CCN[C@H]1CCN([C@@H](C)c2ccccc2OC)C1. The topological polar surface area (TPSA) is 24.5 Å². The van der Waals surface area contributed by atoms with Crippen molar-refractivity contribution in [3.8, 4) is 5.75 Å². The van der Waals surface area contributed by atoms with Crippen molar-refractivity contribution < 1.29 is 4.74 Å². The van der Waals surface area contributed by atoms with E-state index >= 15 is 0 Å². The van der Waals surface area contributed by atoms with Gasteiger partial charge in [-0.05, 0) is 26.0 Å². The number of para-hydroxylation sites is 1. The van der Waals surface area contributed by atoms with Crippen LogP contribution in [0, 0.1) is 0 Å². The predicted molar refractivity (Wildman–Crippen MR) is 75.1 cm³/mol. The molecule has 0 bridgehead atoms. The first-order chi connectivity index (χ1) is 8.76. The van der Waals surface area contributed by atoms with Crippen LogP contribution in [-0.4, -0.2) is 37.7 Å². The zero-order valence-electron chi connectivity index (χ0n) is 11.6. The van der Waals surface area contributed by atoms with E-state index in [1.165, 1.54) is 12.0 Å². The lowest BCUT2D eigenvalue weighted by molar-refractivity contribution is 0.250. The second-order valence-electron chi connectivity index (χ2n) is 4.96. The standard InChI is InChI=1S/C15H24N2O/c1-4-16-13-9-10-17(11-13)12(2)14-7-5-6-8-15(14)18-3/h5-8,12-13,16H,4,9-11H2,1-3H3/t12-,13-/m0/s1. The van der Waals surface area contributed by atoms with Crippen molar-refractivity contribution in [2.75, 3.05) is 26.7 Å². The molecule has 1 aliphatic rings. The van der Waals surface area contributed by atoms with Crippen LogP contribution in [0.25, 0.3) is 0 Å². The number of ether oxygens (including phenoxy) is 1. The highest BCUT2D eigenvalue weighted by Crippen LogP contribution is 2.30. The summed E-state index contributed by atoms with van der Waals surface area (Å²) in [4.78, 5) is 2.53. The molecule has 0 aromatic heterocycles. The molecule has 100 valence electrons. The van der Waals surface area contributed by atoms with E-state index in [0.717, 1.165) is 25.4 Å². The zero-order valence-corrected chi connectivity index (χ0v) is 11.6. The fraction of sp³-hybridized carbons (Fsp3) is 0.600. The second-order valence-corrected chi connectivity index (χ2v) is 4.96. The summed E-state index contributed by atoms with van der Waals surface area (Å²) in [5.41, 5.74) is 1.29. The van der Waals surface area contributed by atoms with Gasteiger partial charge in [-0.15, -0.1) is 0 Å². The maximum absolute atomic E-state index is 5.46. The molecule has 18 heavy (non-hydrogen) atoms. The Hall–Kier alpha value is -1.06. The normalized spacial score (nSPS) is 22.1. The second kappa shape index (κ2) is 6.21. The lowest BCUT2D eigenvalue weighted by Gasteiger charge is -2.26. The molecule has 1 heterocycles. The number of hydrogen-bond acceptors (Lipinski definition) is 3. The maximum Gasteiger partial charge on any atom is 0.123 e. The minimum atomic E-state index is 0.421. The Kier molecular flexibility index (Phi) is 4.61. The summed E-state index contributed by atoms with van der Waals surface area (Å²) in [6.45, 7) is 7.80. The molecule has 1 aromatic carbocycles. The summed E-state index contributed by atoms with van der Waals surface area (Å²) in [5.74, 6) is 0.997. The van der Waals surface area contributed by atoms with E-state index in [1.54, 1.807) is 7.11 Å². The lowest BCUT2D eigenvalue weighted by Crippen LogP contribution is -2.33. The van der Waals surface area contributed by atoms with E-state index in [1.807, 2.05) is 12.1 Å². The van der Waals surface area contributed by atoms with Crippen LogP contribution in [0.4, 0.5) is 0 Å². The summed E-state index contributed by atoms with van der Waals surface area (Å²) < 4.78 is 5.46. The number of benzene rings is 1. The fourth-order valence-corrected chi connectivity index (χ4v) is 2.80. The minimum absolute atomic E-state index is 0.421. The van der Waals surface area contributed by atoms with Crippen molar-refractivity contribution in [2.24, 2.45) is 0 Å². The first kappa shape index (κ1) is 13.4. The molecule has 1 aromatic rings. The van der Waals surface area contributed by atoms with Crippen molar-refractivity contribution in [1.82, 2.24) is 10.2 Å². The Morgan fingerprint density at radius 2 is 2.22 bits per heavy atom. The number of likely N-dealkylation sites (N-methyl/N-ethyl adjacent to an activating group) is 1. The lowest BCUT2D eigenvalue weighted by atomic mass is 10.1. The quantitative estimate of drug-likeness (QED) is 0.866. The molecule has 0 amide bonds. The Balaban J connectivity index is 2.05. The van der Waals surface area contributed by atoms with Crippen LogP contribution in [0.15, 0.2) is 24.3 Å². The molecule has 3 heteroatoms. The molecule has 0 aliphatic carbocycles. The van der Waals surface area contributed by atoms with E-state index in [-0.39, 0.29) is 0 Å². The van der Waals surface area contributed by atoms with Gasteiger partial charge in [0.15, 0.2) is 0 Å². The van der Waals surface area contributed by atoms with Crippen molar-refractivity contribution in [3.63, 3.8) is 0 Å². The molecule has 1 saturated heterocycles. The van der Waals surface area contributed by atoms with Crippen LogP contribution in [0.5, 0.6) is 5.75 Å². The van der Waals surface area contributed by atoms with Crippen molar-refractivity contribution in [1.29, 1.82) is 0 Å². The van der Waals surface area contributed by atoms with Gasteiger partial charge in [0, 0.05) is 30.7 Å². The van der Waals surface area contributed by atoms with Crippen LogP contribution in [0.2, 0.25) is 0 Å². The van der Waals surface area contributed by atoms with E-state index in [4.69, 9.17) is 4.74 Å². The fourth-order valence-electron chi connectivity index (χ4n) is 2.80. The molecular weight excluding hydrogens is 224 g/mol. The number of likely N-dealkylation sites (tertiary alicyclic amines) is 1. The average Bonchev–Trinajstić information content (AvgIpc) is 2.87. The van der Waals surface area contributed by atoms with Crippen LogP contribution in [-0.2, 0) is 0 Å². The molecule has 3 nitrogen and oxygen atoms in total. The van der Waals surface area contributed by atoms with Crippen LogP contribution < -0.4 is 10.1 Å². The minimum Gasteiger partial charge on any atom is -0.496 e. The van der Waals surface area contributed by atoms with Gasteiger partial charge in [0.25, 0.3) is 0 Å². The number of nitrogens with zero attached hydrogens (tertiary/aromatic N) is 1. The highest BCUT2D eigenvalue weighted by Gasteiger charge is 2.27. The van der Waals surface area contributed by atoms with E-state index in [9.17, 15) is 0 Å². The van der Waals surface area contributed by atoms with Crippen LogP contribution in [0.1, 0.15) is 31.9 Å². The average molecular weight is 248 g/mol. The smallest absolute Gasteiger partial charge is 0.123 e. The van der Waals surface area contributed by atoms with Gasteiger partial charge in [0.05, 0.1) is 7.11 Å². The summed E-state index contributed by atoms with van der Waals surface area (Å²) in [6, 6.07) is 9.40. The molecule has 2 atom stereocenters. The maximum atomic E-state index is 5.46. The van der Waals surface area contributed by atoms with E-state index in [2.05, 4.69) is 36.2 Å². The summed E-state index contributed by atoms with van der Waals surface area (Å²) in [7, 11) is 1.75. The number of rotatable bonds is 5. The Bertz CT molecular complexity index is 381. The monoisotopic (exact) mass is 248 g/mol. The molecule has 0 spiro atoms. The van der Waals surface area contributed by atoms with Gasteiger partial charge in [-0.3, -0.25) is 4.90 Å². The highest BCUT2D eigenvalue weighted by atomic mass is 16.5. The molecular formula is C15H24N2O. The highest BCUT2D eigenvalue weighted by molar-refractivity contribution is 5.35. The number of methoxy groups -OCH3 is 1. The van der Waals surface area contributed by atoms with Crippen LogP contribution in [0.3, 0.4) is 0 Å². The summed E-state index contributed by atoms with van der Waals surface area (Å²) in [6.07, 6.45) is 1.24. The first-order valence-corrected chi connectivity index (χ1v) is 6.86. The summed E-state index contributed by atoms with van der Waals surface area (Å²) >= 11 is 0. The van der Waals surface area contributed by atoms with Crippen LogP contribution >= 0.6 is 0 Å². The Morgan fingerprint density at radius 1 is 1.44 bits per heavy atom. The third-order valence-corrected chi connectivity index (χ3v) is 3.85. The molecule has 1 fully saturated rings. The molecule has 0 radical (unpaired) electrons. The number of nitrogens with one attached hydrogen (secondary N) is 1. The molecule has 2 rings (SSSR count). The van der Waals surface area contributed by atoms with Gasteiger partial charge in [0.2, 0.25) is 0 Å². The van der Waals surface area contributed by atoms with Gasteiger partial charge in [0.1, 0.15) is 5.75 Å². The molecule has 0 saturated carbocycles. The molecule has 1 aliphatic heterocycles. The van der Waals surface area contributed by atoms with Gasteiger partial charge >= 0.3 is 0 Å². The van der Waals surface area contributed by atoms with Gasteiger partial charge in [-0.1, -0.05) is 25.1 Å². The first-order valence-electron chi connectivity index (χ1n) is 6.86. The van der Waals surface area contributed by atoms with Gasteiger partial charge in [-0.2, -0.15) is 0 Å². The van der Waals surface area contributed by atoms with Gasteiger partial charge in [-0.25, -0.2) is 0 Å². The van der Waals surface area contributed by atoms with E-state index in [0.29, 0.717) is 12.1 Å². The number of hydrogen-bond donors (Lipinski definition) is 1. The van der Waals surface area contributed by atoms with Crippen molar-refractivity contribution in [3.05, 3.63) is 29.8 Å². The van der Waals surface area contributed by atoms with Crippen molar-refractivity contribution in [2.45, 2.75) is 32.4 Å². The Labute approximate surface area is 110 Å². The largest absolute Gasteiger partial charge is 0.496 e. The third kappa shape index (κ3) is 2.85. The van der Waals surface area contributed by atoms with Crippen molar-refractivity contribution >= 4 is 0 Å². The molecule has 0 unspecified atom stereocenters.